The van der Waals surface area contributed by atoms with Gasteiger partial charge in [-0.25, -0.2) is 9.37 Å². The van der Waals surface area contributed by atoms with Crippen LogP contribution in [0.4, 0.5) is 15.8 Å². The lowest BCUT2D eigenvalue weighted by atomic mass is 10.0. The van der Waals surface area contributed by atoms with E-state index >= 15 is 0 Å². The van der Waals surface area contributed by atoms with Crippen molar-refractivity contribution >= 4 is 33.3 Å². The summed E-state index contributed by atoms with van der Waals surface area (Å²) in [5.41, 5.74) is 9.48. The maximum atomic E-state index is 14.7. The van der Waals surface area contributed by atoms with Crippen LogP contribution in [0.3, 0.4) is 0 Å². The first-order valence-corrected chi connectivity index (χ1v) is 14.8. The van der Waals surface area contributed by atoms with Crippen LogP contribution in [0.15, 0.2) is 85.5 Å². The molecule has 0 aliphatic rings. The van der Waals surface area contributed by atoms with Crippen molar-refractivity contribution in [1.29, 1.82) is 0 Å². The minimum atomic E-state index is -0.279. The molecule has 0 saturated carbocycles. The maximum Gasteiger partial charge on any atom is 0.181 e. The van der Waals surface area contributed by atoms with Gasteiger partial charge in [0.2, 0.25) is 0 Å². The maximum absolute atomic E-state index is 14.7. The van der Waals surface area contributed by atoms with Gasteiger partial charge in [-0.15, -0.1) is 0 Å². The summed E-state index contributed by atoms with van der Waals surface area (Å²) >= 11 is 0. The predicted molar refractivity (Wildman–Crippen MR) is 179 cm³/mol. The largest absolute Gasteiger partial charge is 0.384 e. The normalized spacial score (nSPS) is 11.6. The Morgan fingerprint density at radius 3 is 2.59 bits per heavy atom. The fraction of sp³-hybridized carbons (Fsp3) is 0.229. The van der Waals surface area contributed by atoms with E-state index in [4.69, 9.17) is 0 Å². The Balaban J connectivity index is 1.33. The minimum absolute atomic E-state index is 0.279. The van der Waals surface area contributed by atoms with Crippen LogP contribution in [0.1, 0.15) is 20.3 Å². The zero-order valence-electron chi connectivity index (χ0n) is 25.5. The minimum Gasteiger partial charge on any atom is -0.384 e. The molecule has 6 aromatic rings. The predicted octanol–water partition coefficient (Wildman–Crippen LogP) is 7.92. The molecule has 44 heavy (non-hydrogen) atoms. The Hall–Kier alpha value is -5.02. The van der Waals surface area contributed by atoms with E-state index < -0.39 is 0 Å². The number of rotatable bonds is 11. The molecule has 0 radical (unpaired) electrons. The van der Waals surface area contributed by atoms with Gasteiger partial charge in [0, 0.05) is 64.3 Å². The van der Waals surface area contributed by atoms with Gasteiger partial charge in [0.15, 0.2) is 5.65 Å². The van der Waals surface area contributed by atoms with Crippen molar-refractivity contribution in [2.45, 2.75) is 20.3 Å². The van der Waals surface area contributed by atoms with Gasteiger partial charge in [0.1, 0.15) is 5.82 Å². The van der Waals surface area contributed by atoms with Crippen LogP contribution < -0.4 is 10.6 Å². The molecule has 0 aliphatic carbocycles. The fourth-order valence-electron chi connectivity index (χ4n) is 5.49. The molecule has 2 aromatic carbocycles. The summed E-state index contributed by atoms with van der Waals surface area (Å²) in [6.07, 6.45) is 6.33. The van der Waals surface area contributed by atoms with E-state index in [1.54, 1.807) is 12.3 Å². The number of nitrogens with one attached hydrogen (secondary N) is 4. The second-order valence-corrected chi connectivity index (χ2v) is 11.9. The van der Waals surface area contributed by atoms with Gasteiger partial charge >= 0.3 is 0 Å². The number of likely N-dealkylation sites (N-methyl/N-ethyl adjacent to an activating group) is 1. The van der Waals surface area contributed by atoms with Crippen molar-refractivity contribution in [2.24, 2.45) is 5.92 Å². The van der Waals surface area contributed by atoms with Gasteiger partial charge in [-0.05, 0) is 80.0 Å². The Morgan fingerprint density at radius 2 is 1.77 bits per heavy atom. The molecule has 4 aromatic heterocycles. The molecule has 0 atom stereocenters. The second-order valence-electron chi connectivity index (χ2n) is 11.9. The summed E-state index contributed by atoms with van der Waals surface area (Å²) in [6.45, 7) is 10.1. The number of benzene rings is 2. The quantitative estimate of drug-likeness (QED) is 0.123. The van der Waals surface area contributed by atoms with Gasteiger partial charge in [-0.1, -0.05) is 32.6 Å². The van der Waals surface area contributed by atoms with Crippen molar-refractivity contribution in [3.05, 3.63) is 91.3 Å². The van der Waals surface area contributed by atoms with Crippen LogP contribution in [-0.2, 0) is 0 Å². The summed E-state index contributed by atoms with van der Waals surface area (Å²) in [7, 11) is 4.03. The van der Waals surface area contributed by atoms with Gasteiger partial charge in [-0.3, -0.25) is 10.1 Å². The third kappa shape index (κ3) is 6.33. The molecule has 224 valence electrons. The molecule has 9 heteroatoms. The number of fused-ring (bicyclic) bond motifs is 2. The molecule has 0 saturated heterocycles. The third-order valence-electron chi connectivity index (χ3n) is 7.49. The number of hydrogen-bond acceptors (Lipinski definition) is 6. The first kappa shape index (κ1) is 29.1. The van der Waals surface area contributed by atoms with Crippen LogP contribution in [-0.4, -0.2) is 57.2 Å². The molecule has 8 nitrogen and oxygen atoms in total. The highest BCUT2D eigenvalue weighted by Crippen LogP contribution is 2.36. The number of aromatic nitrogens is 5. The van der Waals surface area contributed by atoms with Gasteiger partial charge in [0.25, 0.3) is 0 Å². The highest BCUT2D eigenvalue weighted by atomic mass is 19.1. The van der Waals surface area contributed by atoms with Crippen molar-refractivity contribution in [3.8, 4) is 33.6 Å². The number of halogens is 1. The molecule has 4 N–H and O–H groups in total. The van der Waals surface area contributed by atoms with Crippen molar-refractivity contribution < 1.29 is 4.39 Å². The molecule has 0 unspecified atom stereocenters. The SMILES string of the molecule is C=C(CC(C)C)Nc1cncc(-c2cnc3n[nH]c(-c4cc5c(-c6cc(F)cc(NCCN(C)C)c6)cccc5[nH]4)c3c2)c1. The smallest absolute Gasteiger partial charge is 0.181 e. The number of hydrogen-bond donors (Lipinski definition) is 4. The van der Waals surface area contributed by atoms with E-state index in [1.165, 1.54) is 6.07 Å². The monoisotopic (exact) mass is 588 g/mol. The Morgan fingerprint density at radius 1 is 0.955 bits per heavy atom. The average molecular weight is 589 g/mol. The summed E-state index contributed by atoms with van der Waals surface area (Å²) in [6, 6.07) is 17.4. The molecule has 0 amide bonds. The van der Waals surface area contributed by atoms with Crippen LogP contribution >= 0.6 is 0 Å². The Bertz CT molecular complexity index is 1950. The van der Waals surface area contributed by atoms with Crippen molar-refractivity contribution in [3.63, 3.8) is 0 Å². The van der Waals surface area contributed by atoms with E-state index in [2.05, 4.69) is 79.3 Å². The summed E-state index contributed by atoms with van der Waals surface area (Å²) in [5, 5.41) is 16.2. The van der Waals surface area contributed by atoms with E-state index in [0.717, 1.165) is 86.5 Å². The molecule has 6 rings (SSSR count). The first-order chi connectivity index (χ1) is 21.2. The molecular weight excluding hydrogens is 551 g/mol. The molecular formula is C35H37FN8. The molecule has 0 fully saturated rings. The summed E-state index contributed by atoms with van der Waals surface area (Å²) in [5.74, 6) is 0.234. The number of H-pyrrole nitrogens is 2. The van der Waals surface area contributed by atoms with Crippen molar-refractivity contribution in [1.82, 2.24) is 30.0 Å². The number of aromatic amines is 2. The van der Waals surface area contributed by atoms with E-state index in [1.807, 2.05) is 50.8 Å². The number of anilines is 2. The fourth-order valence-corrected chi connectivity index (χ4v) is 5.49. The molecule has 0 aliphatic heterocycles. The first-order valence-electron chi connectivity index (χ1n) is 14.8. The number of nitrogens with zero attached hydrogens (tertiary/aromatic N) is 4. The zero-order valence-corrected chi connectivity index (χ0v) is 25.5. The topological polar surface area (TPSA) is 97.6 Å². The second kappa shape index (κ2) is 12.3. The van der Waals surface area contributed by atoms with Crippen molar-refractivity contribution in [2.75, 3.05) is 37.8 Å². The lowest BCUT2D eigenvalue weighted by Gasteiger charge is -2.13. The summed E-state index contributed by atoms with van der Waals surface area (Å²) in [4.78, 5) is 14.7. The molecule has 0 bridgehead atoms. The van der Waals surface area contributed by atoms with Gasteiger partial charge < -0.3 is 20.5 Å². The third-order valence-corrected chi connectivity index (χ3v) is 7.49. The highest BCUT2D eigenvalue weighted by molar-refractivity contribution is 6.01. The van der Waals surface area contributed by atoms with E-state index in [9.17, 15) is 4.39 Å². The van der Waals surface area contributed by atoms with Gasteiger partial charge in [0.05, 0.1) is 23.3 Å². The Kier molecular flexibility index (Phi) is 8.13. The van der Waals surface area contributed by atoms with Crippen LogP contribution in [0.2, 0.25) is 0 Å². The zero-order chi connectivity index (χ0) is 30.8. The van der Waals surface area contributed by atoms with Crippen LogP contribution in [0, 0.1) is 11.7 Å². The molecule has 4 heterocycles. The lowest BCUT2D eigenvalue weighted by Crippen LogP contribution is -2.20. The lowest BCUT2D eigenvalue weighted by molar-refractivity contribution is 0.425. The molecule has 0 spiro atoms. The standard InChI is InChI=1S/C35H37FN8/c1-21(2)11-22(3)40-28-14-24(18-37-20-28)25-15-31-34(42-43-35(31)39-19-25)33-17-30-29(7-6-8-32(30)41-33)23-12-26(36)16-27(13-23)38-9-10-44(4)5/h6-8,12-21,38,40-41H,3,9-11H2,1-2,4-5H3,(H,39,42,43). The van der Waals surface area contributed by atoms with E-state index in [0.29, 0.717) is 11.6 Å². The van der Waals surface area contributed by atoms with Gasteiger partial charge in [-0.2, -0.15) is 5.10 Å². The highest BCUT2D eigenvalue weighted by Gasteiger charge is 2.16. The summed E-state index contributed by atoms with van der Waals surface area (Å²) < 4.78 is 14.7. The number of allylic oxidation sites excluding steroid dienone is 1. The average Bonchev–Trinajstić information content (AvgIpc) is 3.60. The van der Waals surface area contributed by atoms with Crippen LogP contribution in [0.25, 0.3) is 55.6 Å². The Labute approximate surface area is 256 Å². The van der Waals surface area contributed by atoms with E-state index in [-0.39, 0.29) is 5.82 Å². The number of pyridine rings is 2. The van der Waals surface area contributed by atoms with Crippen LogP contribution in [0.5, 0.6) is 0 Å².